The van der Waals surface area contributed by atoms with Crippen LogP contribution < -0.4 is 5.73 Å². The van der Waals surface area contributed by atoms with Crippen LogP contribution in [-0.4, -0.2) is 47.3 Å². The maximum atomic E-state index is 12.1. The van der Waals surface area contributed by atoms with Crippen molar-refractivity contribution in [2.24, 2.45) is 7.05 Å². The van der Waals surface area contributed by atoms with E-state index in [4.69, 9.17) is 5.73 Å². The Bertz CT molecular complexity index is 467. The Morgan fingerprint density at radius 2 is 2.11 bits per heavy atom. The summed E-state index contributed by atoms with van der Waals surface area (Å²) in [6, 6.07) is 0. The average molecular weight is 254 g/mol. The van der Waals surface area contributed by atoms with E-state index in [1.165, 1.54) is 23.7 Å². The van der Waals surface area contributed by atoms with Gasteiger partial charge in [0.25, 0.3) is 5.91 Å². The van der Waals surface area contributed by atoms with Crippen LogP contribution >= 0.6 is 0 Å². The number of carbonyl (C=O) groups is 2. The van der Waals surface area contributed by atoms with Gasteiger partial charge in [0.05, 0.1) is 18.5 Å². The summed E-state index contributed by atoms with van der Waals surface area (Å²) >= 11 is 0. The quantitative estimate of drug-likeness (QED) is 0.752. The van der Waals surface area contributed by atoms with Gasteiger partial charge in [0.2, 0.25) is 0 Å². The van der Waals surface area contributed by atoms with Crippen molar-refractivity contribution < 1.29 is 14.3 Å². The molecule has 1 heterocycles. The Morgan fingerprint density at radius 1 is 1.50 bits per heavy atom. The minimum absolute atomic E-state index is 0.124. The molecule has 0 aliphatic carbocycles. The Kier molecular flexibility index (Phi) is 4.30. The van der Waals surface area contributed by atoms with E-state index in [2.05, 4.69) is 9.84 Å². The molecule has 0 unspecified atom stereocenters. The first-order valence-corrected chi connectivity index (χ1v) is 5.55. The molecule has 100 valence electrons. The van der Waals surface area contributed by atoms with Crippen molar-refractivity contribution in [1.29, 1.82) is 0 Å². The highest BCUT2D eigenvalue weighted by Crippen LogP contribution is 2.18. The average Bonchev–Trinajstić information content (AvgIpc) is 2.63. The highest BCUT2D eigenvalue weighted by atomic mass is 16.5. The zero-order valence-corrected chi connectivity index (χ0v) is 11.1. The van der Waals surface area contributed by atoms with E-state index in [1.54, 1.807) is 7.05 Å². The molecule has 0 saturated carbocycles. The molecule has 0 radical (unpaired) electrons. The van der Waals surface area contributed by atoms with Crippen molar-refractivity contribution >= 4 is 17.6 Å². The Balaban J connectivity index is 2.97. The Morgan fingerprint density at radius 3 is 2.56 bits per heavy atom. The van der Waals surface area contributed by atoms with Gasteiger partial charge in [-0.2, -0.15) is 5.10 Å². The molecule has 7 heteroatoms. The lowest BCUT2D eigenvalue weighted by atomic mass is 10.2. The summed E-state index contributed by atoms with van der Waals surface area (Å²) < 4.78 is 5.94. The molecule has 1 aromatic heterocycles. The van der Waals surface area contributed by atoms with E-state index in [9.17, 15) is 9.59 Å². The second-order valence-electron chi connectivity index (χ2n) is 3.92. The molecule has 18 heavy (non-hydrogen) atoms. The summed E-state index contributed by atoms with van der Waals surface area (Å²) in [6.45, 7) is 1.78. The number of hydrogen-bond acceptors (Lipinski definition) is 5. The van der Waals surface area contributed by atoms with Crippen molar-refractivity contribution in [2.45, 2.75) is 13.3 Å². The van der Waals surface area contributed by atoms with Crippen molar-refractivity contribution in [3.63, 3.8) is 0 Å². The lowest BCUT2D eigenvalue weighted by Gasteiger charge is -2.15. The van der Waals surface area contributed by atoms with E-state index < -0.39 is 5.97 Å². The fourth-order valence-corrected chi connectivity index (χ4v) is 1.62. The molecule has 0 saturated heterocycles. The topological polar surface area (TPSA) is 90.5 Å². The van der Waals surface area contributed by atoms with Gasteiger partial charge in [-0.1, -0.05) is 6.92 Å². The van der Waals surface area contributed by atoms with Crippen LogP contribution in [0.2, 0.25) is 0 Å². The number of aromatic nitrogens is 2. The third-order valence-electron chi connectivity index (χ3n) is 2.64. The van der Waals surface area contributed by atoms with Gasteiger partial charge in [-0.3, -0.25) is 14.3 Å². The smallest absolute Gasteiger partial charge is 0.325 e. The van der Waals surface area contributed by atoms with Gasteiger partial charge in [-0.15, -0.1) is 0 Å². The number of aryl methyl sites for hydroxylation is 2. The summed E-state index contributed by atoms with van der Waals surface area (Å²) in [5.41, 5.74) is 7.20. The number of ether oxygens (including phenoxy) is 1. The molecule has 1 aromatic rings. The Labute approximate surface area is 105 Å². The molecule has 0 spiro atoms. The zero-order valence-electron chi connectivity index (χ0n) is 11.1. The molecule has 0 atom stereocenters. The lowest BCUT2D eigenvalue weighted by Crippen LogP contribution is -2.34. The van der Waals surface area contributed by atoms with Gasteiger partial charge in [0, 0.05) is 14.1 Å². The summed E-state index contributed by atoms with van der Waals surface area (Å²) in [5, 5.41) is 4.16. The highest BCUT2D eigenvalue weighted by molar-refractivity contribution is 5.99. The van der Waals surface area contributed by atoms with Crippen LogP contribution in [0.5, 0.6) is 0 Å². The maximum Gasteiger partial charge on any atom is 0.325 e. The minimum atomic E-state index is -0.484. The number of anilines is 1. The summed E-state index contributed by atoms with van der Waals surface area (Å²) in [4.78, 5) is 24.5. The van der Waals surface area contributed by atoms with E-state index in [0.717, 1.165) is 0 Å². The van der Waals surface area contributed by atoms with Crippen molar-refractivity contribution in [2.75, 3.05) is 26.4 Å². The SMILES string of the molecule is CCc1nn(C)c(C(=O)N(C)CC(=O)OC)c1N. The van der Waals surface area contributed by atoms with Crippen molar-refractivity contribution in [3.8, 4) is 0 Å². The van der Waals surface area contributed by atoms with Crippen molar-refractivity contribution in [1.82, 2.24) is 14.7 Å². The van der Waals surface area contributed by atoms with Crippen LogP contribution in [0.3, 0.4) is 0 Å². The molecule has 0 aromatic carbocycles. The van der Waals surface area contributed by atoms with Gasteiger partial charge in [-0.05, 0) is 6.42 Å². The summed E-state index contributed by atoms with van der Waals surface area (Å²) in [7, 11) is 4.43. The third-order valence-corrected chi connectivity index (χ3v) is 2.64. The highest BCUT2D eigenvalue weighted by Gasteiger charge is 2.23. The number of likely N-dealkylation sites (N-methyl/N-ethyl adjacent to an activating group) is 1. The van der Waals surface area contributed by atoms with Crippen LogP contribution in [0.15, 0.2) is 0 Å². The monoisotopic (exact) mass is 254 g/mol. The van der Waals surface area contributed by atoms with E-state index >= 15 is 0 Å². The third kappa shape index (κ3) is 2.61. The van der Waals surface area contributed by atoms with Crippen LogP contribution in [0.4, 0.5) is 5.69 Å². The zero-order chi connectivity index (χ0) is 13.9. The molecule has 0 aliphatic heterocycles. The van der Waals surface area contributed by atoms with Crippen LogP contribution in [0, 0.1) is 0 Å². The number of hydrogen-bond donors (Lipinski definition) is 1. The largest absolute Gasteiger partial charge is 0.468 e. The van der Waals surface area contributed by atoms with E-state index in [1.807, 2.05) is 6.92 Å². The predicted octanol–water partition coefficient (Wildman–Crippen LogP) is -0.190. The molecule has 0 aliphatic rings. The van der Waals surface area contributed by atoms with Gasteiger partial charge >= 0.3 is 5.97 Å². The number of nitrogens with zero attached hydrogens (tertiary/aromatic N) is 3. The minimum Gasteiger partial charge on any atom is -0.468 e. The standard InChI is InChI=1S/C11H18N4O3/c1-5-7-9(12)10(15(3)13-7)11(17)14(2)6-8(16)18-4/h5-6,12H2,1-4H3. The number of methoxy groups -OCH3 is 1. The number of esters is 1. The van der Waals surface area contributed by atoms with Gasteiger partial charge in [0.1, 0.15) is 12.2 Å². The molecule has 0 bridgehead atoms. The first-order valence-electron chi connectivity index (χ1n) is 5.55. The lowest BCUT2D eigenvalue weighted by molar-refractivity contribution is -0.141. The maximum absolute atomic E-state index is 12.1. The first-order chi connectivity index (χ1) is 8.42. The van der Waals surface area contributed by atoms with Gasteiger partial charge in [0.15, 0.2) is 0 Å². The normalized spacial score (nSPS) is 10.2. The van der Waals surface area contributed by atoms with Crippen molar-refractivity contribution in [3.05, 3.63) is 11.4 Å². The van der Waals surface area contributed by atoms with Gasteiger partial charge < -0.3 is 15.4 Å². The molecule has 1 rings (SSSR count). The molecule has 7 nitrogen and oxygen atoms in total. The molecular weight excluding hydrogens is 236 g/mol. The summed E-state index contributed by atoms with van der Waals surface area (Å²) in [6.07, 6.45) is 0.646. The van der Waals surface area contributed by atoms with E-state index in [-0.39, 0.29) is 12.5 Å². The fourth-order valence-electron chi connectivity index (χ4n) is 1.62. The molecule has 2 N–H and O–H groups in total. The predicted molar refractivity (Wildman–Crippen MR) is 66.0 cm³/mol. The van der Waals surface area contributed by atoms with Gasteiger partial charge in [-0.25, -0.2) is 0 Å². The first kappa shape index (κ1) is 14.0. The number of nitrogen functional groups attached to an aromatic ring is 1. The summed E-state index contributed by atoms with van der Waals surface area (Å²) in [5.74, 6) is -0.838. The Hall–Kier alpha value is -2.05. The molecular formula is C11H18N4O3. The van der Waals surface area contributed by atoms with Crippen LogP contribution in [0.25, 0.3) is 0 Å². The molecule has 0 fully saturated rings. The second-order valence-corrected chi connectivity index (χ2v) is 3.92. The number of rotatable bonds is 4. The van der Waals surface area contributed by atoms with Crippen LogP contribution in [-0.2, 0) is 23.0 Å². The second kappa shape index (κ2) is 5.52. The number of carbonyl (C=O) groups excluding carboxylic acids is 2. The fraction of sp³-hybridized carbons (Fsp3) is 0.545. The number of nitrogens with two attached hydrogens (primary N) is 1. The van der Waals surface area contributed by atoms with E-state index in [0.29, 0.717) is 23.5 Å². The molecule has 1 amide bonds. The number of amides is 1. The van der Waals surface area contributed by atoms with Crippen LogP contribution in [0.1, 0.15) is 23.1 Å².